The van der Waals surface area contributed by atoms with Crippen molar-refractivity contribution in [2.75, 3.05) is 4.90 Å². The Morgan fingerprint density at radius 3 is 2.26 bits per heavy atom. The Morgan fingerprint density at radius 2 is 1.44 bits per heavy atom. The molecule has 0 amide bonds. The Bertz CT molecular complexity index is 1880. The summed E-state index contributed by atoms with van der Waals surface area (Å²) in [5.41, 5.74) is 7.56. The molecule has 0 fully saturated rings. The van der Waals surface area contributed by atoms with E-state index in [9.17, 15) is 0 Å². The van der Waals surface area contributed by atoms with Crippen molar-refractivity contribution in [1.82, 2.24) is 9.97 Å². The molecule has 1 aliphatic carbocycles. The van der Waals surface area contributed by atoms with E-state index < -0.39 is 0 Å². The van der Waals surface area contributed by atoms with E-state index in [1.54, 1.807) is 6.20 Å². The van der Waals surface area contributed by atoms with Gasteiger partial charge in [-0.3, -0.25) is 9.97 Å². The molecular formula is C34H24BrN3S. The molecule has 3 heterocycles. The van der Waals surface area contributed by atoms with Crippen molar-refractivity contribution in [1.29, 1.82) is 0 Å². The van der Waals surface area contributed by atoms with E-state index in [1.807, 2.05) is 29.7 Å². The van der Waals surface area contributed by atoms with Gasteiger partial charge in [-0.05, 0) is 84.6 Å². The van der Waals surface area contributed by atoms with Gasteiger partial charge in [-0.15, -0.1) is 11.3 Å². The monoisotopic (exact) mass is 585 g/mol. The third-order valence-corrected chi connectivity index (χ3v) is 8.76. The zero-order chi connectivity index (χ0) is 26.2. The first-order valence-corrected chi connectivity index (χ1v) is 14.6. The van der Waals surface area contributed by atoms with Crippen LogP contribution in [-0.2, 0) is 0 Å². The van der Waals surface area contributed by atoms with Gasteiger partial charge < -0.3 is 4.90 Å². The van der Waals surface area contributed by atoms with Gasteiger partial charge in [0, 0.05) is 54.1 Å². The van der Waals surface area contributed by atoms with Gasteiger partial charge in [0.2, 0.25) is 0 Å². The third-order valence-electron chi connectivity index (χ3n) is 7.11. The summed E-state index contributed by atoms with van der Waals surface area (Å²) >= 11 is 5.41. The summed E-state index contributed by atoms with van der Waals surface area (Å²) in [5.74, 6) is 0. The van der Waals surface area contributed by atoms with Gasteiger partial charge in [0.05, 0.1) is 11.4 Å². The van der Waals surface area contributed by atoms with Crippen LogP contribution in [0.25, 0.3) is 37.1 Å². The SMILES string of the molecule is Brc1ccnc(-c2cc(N(c3ccc(C4=CC=CCC4)cc3)c3ccc4sc5ccccc5c4c3)ccn2)c1. The molecule has 6 aromatic rings. The van der Waals surface area contributed by atoms with E-state index in [0.29, 0.717) is 0 Å². The molecule has 0 atom stereocenters. The van der Waals surface area contributed by atoms with Crippen molar-refractivity contribution in [3.8, 4) is 11.4 Å². The van der Waals surface area contributed by atoms with Crippen molar-refractivity contribution in [3.63, 3.8) is 0 Å². The Kier molecular flexibility index (Phi) is 6.31. The lowest BCUT2D eigenvalue weighted by molar-refractivity contribution is 1.05. The molecule has 0 radical (unpaired) electrons. The van der Waals surface area contributed by atoms with Gasteiger partial charge in [0.1, 0.15) is 0 Å². The number of nitrogens with zero attached hydrogens (tertiary/aromatic N) is 3. The maximum Gasteiger partial charge on any atom is 0.0907 e. The van der Waals surface area contributed by atoms with Crippen LogP contribution >= 0.6 is 27.3 Å². The molecule has 1 aliphatic rings. The number of thiophene rings is 1. The lowest BCUT2D eigenvalue weighted by atomic mass is 9.97. The van der Waals surface area contributed by atoms with Crippen LogP contribution in [0.4, 0.5) is 17.1 Å². The predicted molar refractivity (Wildman–Crippen MR) is 169 cm³/mol. The molecular weight excluding hydrogens is 562 g/mol. The minimum absolute atomic E-state index is 0.830. The van der Waals surface area contributed by atoms with Crippen molar-refractivity contribution >= 4 is 70.1 Å². The Labute approximate surface area is 239 Å². The number of benzene rings is 3. The highest BCUT2D eigenvalue weighted by Gasteiger charge is 2.17. The first-order valence-electron chi connectivity index (χ1n) is 13.0. The Morgan fingerprint density at radius 1 is 0.692 bits per heavy atom. The summed E-state index contributed by atoms with van der Waals surface area (Å²) < 4.78 is 3.58. The fourth-order valence-corrected chi connectivity index (χ4v) is 6.63. The minimum Gasteiger partial charge on any atom is -0.310 e. The van der Waals surface area contributed by atoms with E-state index in [0.717, 1.165) is 45.8 Å². The quantitative estimate of drug-likeness (QED) is 0.201. The molecule has 0 unspecified atom stereocenters. The van der Waals surface area contributed by atoms with Crippen molar-refractivity contribution in [3.05, 3.63) is 132 Å². The number of aromatic nitrogens is 2. The highest BCUT2D eigenvalue weighted by Crippen LogP contribution is 2.41. The largest absolute Gasteiger partial charge is 0.310 e. The number of rotatable bonds is 5. The number of anilines is 3. The van der Waals surface area contributed by atoms with Gasteiger partial charge in [-0.25, -0.2) is 0 Å². The molecule has 39 heavy (non-hydrogen) atoms. The fourth-order valence-electron chi connectivity index (χ4n) is 5.21. The second-order valence-electron chi connectivity index (χ2n) is 9.58. The molecule has 0 saturated carbocycles. The number of allylic oxidation sites excluding steroid dienone is 4. The third kappa shape index (κ3) is 4.69. The number of halogens is 1. The number of hydrogen-bond donors (Lipinski definition) is 0. The van der Waals surface area contributed by atoms with Crippen LogP contribution in [0.15, 0.2) is 126 Å². The number of pyridine rings is 2. The van der Waals surface area contributed by atoms with Crippen LogP contribution < -0.4 is 4.90 Å². The van der Waals surface area contributed by atoms with Gasteiger partial charge in [-0.1, -0.05) is 64.5 Å². The van der Waals surface area contributed by atoms with E-state index in [-0.39, 0.29) is 0 Å². The van der Waals surface area contributed by atoms with Gasteiger partial charge in [0.25, 0.3) is 0 Å². The average molecular weight is 587 g/mol. The molecule has 0 saturated heterocycles. The van der Waals surface area contributed by atoms with Crippen LogP contribution in [0.1, 0.15) is 18.4 Å². The molecule has 5 heteroatoms. The Hall–Kier alpha value is -4.06. The summed E-state index contributed by atoms with van der Waals surface area (Å²) in [7, 11) is 0. The van der Waals surface area contributed by atoms with E-state index >= 15 is 0 Å². The molecule has 3 aromatic heterocycles. The first kappa shape index (κ1) is 24.0. The highest BCUT2D eigenvalue weighted by molar-refractivity contribution is 9.10. The molecule has 0 N–H and O–H groups in total. The van der Waals surface area contributed by atoms with E-state index in [4.69, 9.17) is 0 Å². The first-order chi connectivity index (χ1) is 19.2. The average Bonchev–Trinajstić information content (AvgIpc) is 3.36. The van der Waals surface area contributed by atoms with Crippen LogP contribution in [0, 0.1) is 0 Å². The highest BCUT2D eigenvalue weighted by atomic mass is 79.9. The summed E-state index contributed by atoms with van der Waals surface area (Å²) in [6.45, 7) is 0. The zero-order valence-corrected chi connectivity index (χ0v) is 23.5. The smallest absolute Gasteiger partial charge is 0.0907 e. The second kappa shape index (κ2) is 10.3. The minimum atomic E-state index is 0.830. The van der Waals surface area contributed by atoms with Gasteiger partial charge in [-0.2, -0.15) is 0 Å². The van der Waals surface area contributed by atoms with Crippen molar-refractivity contribution in [2.45, 2.75) is 12.8 Å². The molecule has 0 spiro atoms. The molecule has 3 nitrogen and oxygen atoms in total. The molecule has 0 bridgehead atoms. The summed E-state index contributed by atoms with van der Waals surface area (Å²) in [4.78, 5) is 11.5. The van der Waals surface area contributed by atoms with E-state index in [2.05, 4.69) is 128 Å². The maximum atomic E-state index is 4.66. The van der Waals surface area contributed by atoms with Crippen LogP contribution in [0.3, 0.4) is 0 Å². The van der Waals surface area contributed by atoms with Crippen molar-refractivity contribution < 1.29 is 0 Å². The molecule has 0 aliphatic heterocycles. The van der Waals surface area contributed by atoms with Crippen LogP contribution in [-0.4, -0.2) is 9.97 Å². The standard InChI is InChI=1S/C34H24BrN3S/c35-25-16-18-36-31(20-25)32-22-28(17-19-37-32)38(26-12-10-24(11-13-26)23-6-2-1-3-7-23)27-14-15-34-30(21-27)29-8-4-5-9-33(29)39-34/h1-2,4-6,8-22H,3,7H2. The van der Waals surface area contributed by atoms with Gasteiger partial charge in [0.15, 0.2) is 0 Å². The molecule has 7 rings (SSSR count). The summed E-state index contributed by atoms with van der Waals surface area (Å²) in [5, 5.41) is 2.57. The fraction of sp³-hybridized carbons (Fsp3) is 0.0588. The number of fused-ring (bicyclic) bond motifs is 3. The summed E-state index contributed by atoms with van der Waals surface area (Å²) in [6, 6.07) is 32.5. The summed E-state index contributed by atoms with van der Waals surface area (Å²) in [6.07, 6.45) is 12.5. The van der Waals surface area contributed by atoms with Crippen LogP contribution in [0.5, 0.6) is 0 Å². The van der Waals surface area contributed by atoms with Gasteiger partial charge >= 0.3 is 0 Å². The van der Waals surface area contributed by atoms with Crippen LogP contribution in [0.2, 0.25) is 0 Å². The number of hydrogen-bond acceptors (Lipinski definition) is 4. The second-order valence-corrected chi connectivity index (χ2v) is 11.6. The molecule has 3 aromatic carbocycles. The lowest BCUT2D eigenvalue weighted by Gasteiger charge is -2.26. The van der Waals surface area contributed by atoms with E-state index in [1.165, 1.54) is 31.3 Å². The maximum absolute atomic E-state index is 4.66. The topological polar surface area (TPSA) is 29.0 Å². The Balaban J connectivity index is 1.38. The zero-order valence-electron chi connectivity index (χ0n) is 21.1. The lowest BCUT2D eigenvalue weighted by Crippen LogP contribution is -2.10. The predicted octanol–water partition coefficient (Wildman–Crippen LogP) is 10.5. The molecule has 188 valence electrons. The normalized spacial score (nSPS) is 13.1. The van der Waals surface area contributed by atoms with Crippen molar-refractivity contribution in [2.24, 2.45) is 0 Å².